The van der Waals surface area contributed by atoms with Gasteiger partial charge in [0.25, 0.3) is 0 Å². The molecule has 8 heteroatoms. The van der Waals surface area contributed by atoms with Crippen LogP contribution in [-0.4, -0.2) is 53.8 Å². The van der Waals surface area contributed by atoms with Crippen LogP contribution in [0.15, 0.2) is 30.3 Å². The summed E-state index contributed by atoms with van der Waals surface area (Å²) < 4.78 is 37.6. The van der Waals surface area contributed by atoms with Gasteiger partial charge in [-0.05, 0) is 5.56 Å². The summed E-state index contributed by atoms with van der Waals surface area (Å²) >= 11 is 0. The number of likely N-dealkylation sites (tertiary alicyclic amines) is 1. The highest BCUT2D eigenvalue weighted by molar-refractivity contribution is 5.78. The van der Waals surface area contributed by atoms with E-state index >= 15 is 0 Å². The third kappa shape index (κ3) is 3.26. The Labute approximate surface area is 131 Å². The minimum Gasteiger partial charge on any atom is -0.477 e. The number of carboxylic acid groups (broad SMARTS) is 1. The van der Waals surface area contributed by atoms with Crippen molar-refractivity contribution in [2.24, 2.45) is 0 Å². The first kappa shape index (κ1) is 17.1. The quantitative estimate of drug-likeness (QED) is 0.895. The number of carbonyl (C=O) groups excluding carboxylic acids is 1. The highest BCUT2D eigenvalue weighted by atomic mass is 19.3. The molecule has 1 atom stereocenters. The molecule has 23 heavy (non-hydrogen) atoms. The maximum absolute atomic E-state index is 13.9. The maximum Gasteiger partial charge on any atom is 0.410 e. The molecule has 1 unspecified atom stereocenters. The van der Waals surface area contributed by atoms with Crippen LogP contribution in [0, 0.1) is 0 Å². The smallest absolute Gasteiger partial charge is 0.410 e. The van der Waals surface area contributed by atoms with E-state index in [1.54, 1.807) is 24.3 Å². The summed E-state index contributed by atoms with van der Waals surface area (Å²) in [5.41, 5.74) is -1.49. The molecule has 126 valence electrons. The monoisotopic (exact) mass is 329 g/mol. The molecule has 1 N–H and O–H groups in total. The predicted molar refractivity (Wildman–Crippen MR) is 75.1 cm³/mol. The highest BCUT2D eigenvalue weighted by Gasteiger charge is 2.63. The number of rotatable bonds is 5. The molecule has 6 nitrogen and oxygen atoms in total. The van der Waals surface area contributed by atoms with E-state index in [0.717, 1.165) is 17.6 Å². The van der Waals surface area contributed by atoms with Gasteiger partial charge in [-0.2, -0.15) is 8.78 Å². The van der Waals surface area contributed by atoms with Crippen LogP contribution >= 0.6 is 0 Å². The molecule has 0 radical (unpaired) electrons. The third-order valence-electron chi connectivity index (χ3n) is 3.93. The molecule has 0 aromatic heterocycles. The first-order valence-corrected chi connectivity index (χ1v) is 6.94. The van der Waals surface area contributed by atoms with Crippen molar-refractivity contribution in [3.05, 3.63) is 35.9 Å². The number of benzene rings is 1. The number of ether oxygens (including phenoxy) is 2. The lowest BCUT2D eigenvalue weighted by Gasteiger charge is -2.32. The summed E-state index contributed by atoms with van der Waals surface area (Å²) in [5.74, 6) is -6.38. The zero-order valence-electron chi connectivity index (χ0n) is 12.5. The molecule has 1 amide bonds. The van der Waals surface area contributed by atoms with Crippen molar-refractivity contribution in [1.82, 2.24) is 4.90 Å². The van der Waals surface area contributed by atoms with Crippen molar-refractivity contribution in [2.45, 2.75) is 24.6 Å². The van der Waals surface area contributed by atoms with Crippen LogP contribution in [0.1, 0.15) is 12.0 Å². The molecule has 1 fully saturated rings. The van der Waals surface area contributed by atoms with Crippen LogP contribution in [0.25, 0.3) is 0 Å². The van der Waals surface area contributed by atoms with Crippen LogP contribution in [-0.2, 0) is 20.9 Å². The van der Waals surface area contributed by atoms with Crippen molar-refractivity contribution in [2.75, 3.05) is 20.2 Å². The molecule has 1 aliphatic rings. The van der Waals surface area contributed by atoms with Gasteiger partial charge >= 0.3 is 18.0 Å². The number of carboxylic acids is 1. The van der Waals surface area contributed by atoms with Gasteiger partial charge in [-0.1, -0.05) is 30.3 Å². The Morgan fingerprint density at radius 3 is 2.57 bits per heavy atom. The fourth-order valence-electron chi connectivity index (χ4n) is 2.49. The summed E-state index contributed by atoms with van der Waals surface area (Å²) in [7, 11) is 1.01. The maximum atomic E-state index is 13.9. The van der Waals surface area contributed by atoms with Gasteiger partial charge < -0.3 is 19.5 Å². The zero-order valence-corrected chi connectivity index (χ0v) is 12.5. The minimum absolute atomic E-state index is 0.00544. The van der Waals surface area contributed by atoms with E-state index in [2.05, 4.69) is 0 Å². The Kier molecular flexibility index (Phi) is 4.84. The zero-order chi connectivity index (χ0) is 17.1. The topological polar surface area (TPSA) is 76.1 Å². The number of hydrogen-bond donors (Lipinski definition) is 1. The SMILES string of the molecule is COC1(C(F)(F)C(=O)O)CCN(C(=O)OCc2ccccc2)C1. The van der Waals surface area contributed by atoms with Gasteiger partial charge in [-0.15, -0.1) is 0 Å². The Morgan fingerprint density at radius 2 is 2.00 bits per heavy atom. The number of carbonyl (C=O) groups is 2. The van der Waals surface area contributed by atoms with Gasteiger partial charge in [0, 0.05) is 20.1 Å². The number of alkyl halides is 2. The van der Waals surface area contributed by atoms with Crippen molar-refractivity contribution < 1.29 is 33.0 Å². The van der Waals surface area contributed by atoms with Crippen LogP contribution in [0.3, 0.4) is 0 Å². The number of hydrogen-bond acceptors (Lipinski definition) is 4. The lowest BCUT2D eigenvalue weighted by Crippen LogP contribution is -2.56. The largest absolute Gasteiger partial charge is 0.477 e. The van der Waals surface area contributed by atoms with E-state index in [-0.39, 0.29) is 19.6 Å². The van der Waals surface area contributed by atoms with Crippen molar-refractivity contribution in [3.8, 4) is 0 Å². The van der Waals surface area contributed by atoms with E-state index in [1.807, 2.05) is 6.07 Å². The second-order valence-electron chi connectivity index (χ2n) is 5.29. The van der Waals surface area contributed by atoms with Crippen molar-refractivity contribution in [1.29, 1.82) is 0 Å². The second-order valence-corrected chi connectivity index (χ2v) is 5.29. The molecule has 1 aromatic rings. The number of methoxy groups -OCH3 is 1. The van der Waals surface area contributed by atoms with Gasteiger partial charge in [0.15, 0.2) is 5.60 Å². The number of aliphatic carboxylic acids is 1. The molecule has 0 bridgehead atoms. The molecular formula is C15H17F2NO5. The lowest BCUT2D eigenvalue weighted by atomic mass is 9.94. The van der Waals surface area contributed by atoms with Crippen LogP contribution in [0.4, 0.5) is 13.6 Å². The van der Waals surface area contributed by atoms with E-state index < -0.39 is 30.1 Å². The van der Waals surface area contributed by atoms with Gasteiger partial charge in [-0.25, -0.2) is 9.59 Å². The summed E-state index contributed by atoms with van der Waals surface area (Å²) in [6, 6.07) is 8.89. The molecule has 0 spiro atoms. The second kappa shape index (κ2) is 6.49. The summed E-state index contributed by atoms with van der Waals surface area (Å²) in [5, 5.41) is 8.71. The number of amides is 1. The van der Waals surface area contributed by atoms with Crippen LogP contribution < -0.4 is 0 Å². The number of halogens is 2. The predicted octanol–water partition coefficient (Wildman–Crippen LogP) is 2.13. The molecule has 0 saturated carbocycles. The van der Waals surface area contributed by atoms with E-state index in [1.165, 1.54) is 0 Å². The molecule has 0 aliphatic carbocycles. The standard InChI is InChI=1S/C15H17F2NO5/c1-22-14(15(16,17)12(19)20)7-8-18(10-14)13(21)23-9-11-5-3-2-4-6-11/h2-6H,7-10H2,1H3,(H,19,20). The summed E-state index contributed by atoms with van der Waals surface area (Å²) in [4.78, 5) is 23.8. The fraction of sp³-hybridized carbons (Fsp3) is 0.467. The van der Waals surface area contributed by atoms with Crippen LogP contribution in [0.2, 0.25) is 0 Å². The first-order chi connectivity index (χ1) is 10.8. The fourth-order valence-corrected chi connectivity index (χ4v) is 2.49. The van der Waals surface area contributed by atoms with Gasteiger partial charge in [-0.3, -0.25) is 0 Å². The average molecular weight is 329 g/mol. The Hall–Kier alpha value is -2.22. The molecule has 1 saturated heterocycles. The summed E-state index contributed by atoms with van der Waals surface area (Å²) in [6.07, 6.45) is -1.07. The van der Waals surface area contributed by atoms with E-state index in [9.17, 15) is 18.4 Å². The Bertz CT molecular complexity index is 580. The number of nitrogens with zero attached hydrogens (tertiary/aromatic N) is 1. The minimum atomic E-state index is -4.10. The molecular weight excluding hydrogens is 312 g/mol. The van der Waals surface area contributed by atoms with Gasteiger partial charge in [0.05, 0.1) is 6.54 Å². The molecule has 1 heterocycles. The normalized spacial score (nSPS) is 21.3. The van der Waals surface area contributed by atoms with Gasteiger partial charge in [0.1, 0.15) is 6.61 Å². The van der Waals surface area contributed by atoms with E-state index in [4.69, 9.17) is 14.6 Å². The van der Waals surface area contributed by atoms with Crippen molar-refractivity contribution in [3.63, 3.8) is 0 Å². The van der Waals surface area contributed by atoms with Crippen molar-refractivity contribution >= 4 is 12.1 Å². The molecule has 1 aromatic carbocycles. The van der Waals surface area contributed by atoms with Crippen LogP contribution in [0.5, 0.6) is 0 Å². The molecule has 2 rings (SSSR count). The lowest BCUT2D eigenvalue weighted by molar-refractivity contribution is -0.212. The Morgan fingerprint density at radius 1 is 1.35 bits per heavy atom. The first-order valence-electron chi connectivity index (χ1n) is 6.94. The van der Waals surface area contributed by atoms with E-state index in [0.29, 0.717) is 0 Å². The average Bonchev–Trinajstić information content (AvgIpc) is 3.00. The van der Waals surface area contributed by atoms with Gasteiger partial charge in [0.2, 0.25) is 0 Å². The summed E-state index contributed by atoms with van der Waals surface area (Å²) in [6.45, 7) is -0.605. The Balaban J connectivity index is 2.00. The highest BCUT2D eigenvalue weighted by Crippen LogP contribution is 2.39. The third-order valence-corrected chi connectivity index (χ3v) is 3.93. The molecule has 1 aliphatic heterocycles.